The van der Waals surface area contributed by atoms with Gasteiger partial charge in [0.05, 0.1) is 31.0 Å². The van der Waals surface area contributed by atoms with E-state index in [9.17, 15) is 30.3 Å². The molecule has 1 saturated heterocycles. The highest BCUT2D eigenvalue weighted by Crippen LogP contribution is 2.33. The molecule has 0 spiro atoms. The maximum atomic E-state index is 12.6. The van der Waals surface area contributed by atoms with Crippen LogP contribution in [-0.4, -0.2) is 98.4 Å². The van der Waals surface area contributed by atoms with Crippen molar-refractivity contribution < 1.29 is 54.8 Å². The lowest BCUT2D eigenvalue weighted by Gasteiger charge is -2.32. The minimum atomic E-state index is -1.07. The molecule has 1 aliphatic heterocycles. The number of hydrogen-bond donors (Lipinski definition) is 8. The molecule has 2 fully saturated rings. The van der Waals surface area contributed by atoms with Gasteiger partial charge in [0, 0.05) is 12.0 Å². The molecule has 1 saturated carbocycles. The first-order chi connectivity index (χ1) is 22.7. The molecule has 1 aliphatic carbocycles. The van der Waals surface area contributed by atoms with Gasteiger partial charge in [0.1, 0.15) is 25.3 Å². The zero-order chi connectivity index (χ0) is 35.4. The lowest BCUT2D eigenvalue weighted by molar-refractivity contribution is -0.121. The van der Waals surface area contributed by atoms with Crippen LogP contribution in [0.3, 0.4) is 0 Å². The molecule has 0 bridgehead atoms. The summed E-state index contributed by atoms with van der Waals surface area (Å²) in [6.45, 7) is 8.79. The normalized spacial score (nSPS) is 23.9. The van der Waals surface area contributed by atoms with E-state index in [0.29, 0.717) is 41.7 Å². The number of hydrogen-bond acceptors (Lipinski definition) is 11. The number of benzene rings is 2. The maximum Gasteiger partial charge on any atom is 0.247 e. The van der Waals surface area contributed by atoms with Gasteiger partial charge in [-0.15, -0.1) is 0 Å². The van der Waals surface area contributed by atoms with Crippen LogP contribution >= 0.6 is 0 Å². The molecule has 12 heteroatoms. The summed E-state index contributed by atoms with van der Waals surface area (Å²) in [4.78, 5) is 12.6. The number of para-hydroxylation sites is 1. The third-order valence-corrected chi connectivity index (χ3v) is 7.10. The highest BCUT2D eigenvalue weighted by atomic mass is 16.7. The summed E-state index contributed by atoms with van der Waals surface area (Å²) >= 11 is 0. The fourth-order valence-electron chi connectivity index (χ4n) is 4.82. The molecule has 8 N–H and O–H groups in total. The first-order valence-electron chi connectivity index (χ1n) is 16.0. The molecule has 2 aliphatic rings. The Morgan fingerprint density at radius 1 is 0.957 bits per heavy atom. The Morgan fingerprint density at radius 3 is 2.15 bits per heavy atom. The fourth-order valence-corrected chi connectivity index (χ4v) is 4.82. The second-order valence-electron chi connectivity index (χ2n) is 10.2. The predicted molar refractivity (Wildman–Crippen MR) is 179 cm³/mol. The second kappa shape index (κ2) is 22.9. The van der Waals surface area contributed by atoms with Crippen molar-refractivity contribution in [2.45, 2.75) is 97.0 Å². The number of carbonyl (C=O) groups excluding carboxylic acids is 1. The summed E-state index contributed by atoms with van der Waals surface area (Å²) < 4.78 is 17.2. The van der Waals surface area contributed by atoms with Crippen molar-refractivity contribution >= 4 is 12.0 Å². The standard InChI is InChI=1S/C30H37NO9.2C2H6.CH4O2/c1-18(29(37)31-28-22(33)8-5-9-23(28)34)14-19-10-11-26(24(35)15-19)39-30-25(36)16-27(40-30)20(17-32)12-13-38-21-6-3-2-4-7-21;2*1-2;2-1-3/h2-4,6-7,10-12,14-15,22-23,25,27-28,30,32-36H,5,8-9,13,16-17H2,1H3,(H,31,37);2*1-2H3;2-3H,1H2/b18-14+,20-12+;;;/t22-,23+,25-,27-,28?,30?;;;/m0.../s1. The number of aliphatic hydroxyl groups excluding tert-OH is 5. The van der Waals surface area contributed by atoms with Gasteiger partial charge in [-0.1, -0.05) is 52.0 Å². The Kier molecular flexibility index (Phi) is 20.3. The van der Waals surface area contributed by atoms with E-state index in [1.165, 1.54) is 12.1 Å². The monoisotopic (exact) mass is 663 g/mol. The van der Waals surface area contributed by atoms with E-state index < -0.39 is 49.4 Å². The van der Waals surface area contributed by atoms with Crippen molar-refractivity contribution in [1.82, 2.24) is 5.32 Å². The molecule has 0 radical (unpaired) electrons. The minimum absolute atomic E-state index is 0.0827. The fraction of sp³-hybridized carbons (Fsp3) is 0.514. The molecule has 1 heterocycles. The molecular formula is C35H53NO11. The molecule has 4 rings (SSSR count). The first kappa shape index (κ1) is 41.5. The van der Waals surface area contributed by atoms with Crippen LogP contribution in [0.2, 0.25) is 0 Å². The van der Waals surface area contributed by atoms with Gasteiger partial charge in [-0.2, -0.15) is 0 Å². The number of ether oxygens (including phenoxy) is 3. The van der Waals surface area contributed by atoms with Crippen LogP contribution in [0.1, 0.15) is 65.9 Å². The predicted octanol–water partition coefficient (Wildman–Crippen LogP) is 3.02. The van der Waals surface area contributed by atoms with Crippen LogP contribution in [0, 0.1) is 0 Å². The van der Waals surface area contributed by atoms with Gasteiger partial charge in [-0.3, -0.25) is 4.79 Å². The van der Waals surface area contributed by atoms with Gasteiger partial charge in [-0.25, -0.2) is 0 Å². The van der Waals surface area contributed by atoms with E-state index >= 15 is 0 Å². The molecular weight excluding hydrogens is 610 g/mol. The number of aromatic hydroxyl groups is 1. The Balaban J connectivity index is 0.00000146. The summed E-state index contributed by atoms with van der Waals surface area (Å²) in [6.07, 6.45) is 0.936. The first-order valence-corrected chi connectivity index (χ1v) is 16.0. The Hall–Kier alpha value is -3.49. The topological polar surface area (TPSA) is 198 Å². The number of carbonyl (C=O) groups is 1. The third kappa shape index (κ3) is 13.6. The van der Waals surface area contributed by atoms with Crippen LogP contribution in [-0.2, 0) is 9.53 Å². The molecule has 0 aromatic heterocycles. The number of aliphatic hydroxyl groups is 6. The lowest BCUT2D eigenvalue weighted by atomic mass is 9.89. The summed E-state index contributed by atoms with van der Waals surface area (Å²) in [5, 5.41) is 68.0. The third-order valence-electron chi connectivity index (χ3n) is 7.10. The van der Waals surface area contributed by atoms with Crippen molar-refractivity contribution in [1.29, 1.82) is 0 Å². The van der Waals surface area contributed by atoms with Crippen LogP contribution < -0.4 is 14.8 Å². The van der Waals surface area contributed by atoms with Crippen LogP contribution in [0.15, 0.2) is 65.8 Å². The van der Waals surface area contributed by atoms with E-state index in [4.69, 9.17) is 24.4 Å². The van der Waals surface area contributed by atoms with Gasteiger partial charge in [0.2, 0.25) is 12.2 Å². The van der Waals surface area contributed by atoms with Crippen molar-refractivity contribution in [2.75, 3.05) is 20.0 Å². The SMILES string of the molecule is C/C(=C\c1ccc(OC2O[C@H](/C(=C/COc3ccccc3)CO)C[C@@H]2O)c(O)c1)C(=O)NC1[C@H](O)CCC[C@@H]1O.CC.CC.OCO. The zero-order valence-electron chi connectivity index (χ0n) is 28.0. The molecule has 1 amide bonds. The molecule has 2 unspecified atom stereocenters. The van der Waals surface area contributed by atoms with E-state index in [0.717, 1.165) is 0 Å². The van der Waals surface area contributed by atoms with Gasteiger partial charge in [0.15, 0.2) is 11.5 Å². The van der Waals surface area contributed by atoms with E-state index in [2.05, 4.69) is 5.32 Å². The molecule has 12 nitrogen and oxygen atoms in total. The minimum Gasteiger partial charge on any atom is -0.504 e. The molecule has 264 valence electrons. The maximum absolute atomic E-state index is 12.6. The average molecular weight is 664 g/mol. The molecule has 47 heavy (non-hydrogen) atoms. The summed E-state index contributed by atoms with van der Waals surface area (Å²) in [5.41, 5.74) is 1.40. The van der Waals surface area contributed by atoms with Crippen LogP contribution in [0.5, 0.6) is 17.2 Å². The van der Waals surface area contributed by atoms with Gasteiger partial charge < -0.3 is 55.3 Å². The quantitative estimate of drug-likeness (QED) is 0.106. The molecule has 6 atom stereocenters. The lowest BCUT2D eigenvalue weighted by Crippen LogP contribution is -2.53. The van der Waals surface area contributed by atoms with Crippen molar-refractivity contribution in [3.63, 3.8) is 0 Å². The van der Waals surface area contributed by atoms with E-state index in [1.54, 1.807) is 25.1 Å². The average Bonchev–Trinajstić information content (AvgIpc) is 3.44. The second-order valence-corrected chi connectivity index (χ2v) is 10.2. The highest BCUT2D eigenvalue weighted by Gasteiger charge is 2.37. The van der Waals surface area contributed by atoms with Crippen LogP contribution in [0.25, 0.3) is 6.08 Å². The van der Waals surface area contributed by atoms with Gasteiger partial charge in [0.25, 0.3) is 0 Å². The Bertz CT molecular complexity index is 1210. The number of rotatable bonds is 10. The highest BCUT2D eigenvalue weighted by molar-refractivity contribution is 5.97. The number of phenols is 1. The van der Waals surface area contributed by atoms with E-state index in [1.807, 2.05) is 58.0 Å². The number of nitrogens with one attached hydrogen (secondary N) is 1. The summed E-state index contributed by atoms with van der Waals surface area (Å²) in [7, 11) is 0. The van der Waals surface area contributed by atoms with Gasteiger partial charge in [-0.05, 0) is 73.7 Å². The van der Waals surface area contributed by atoms with Crippen LogP contribution in [0.4, 0.5) is 0 Å². The Morgan fingerprint density at radius 2 is 1.57 bits per heavy atom. The van der Waals surface area contributed by atoms with Crippen molar-refractivity contribution in [3.8, 4) is 17.2 Å². The molecule has 2 aromatic carbocycles. The van der Waals surface area contributed by atoms with Crippen molar-refractivity contribution in [2.24, 2.45) is 0 Å². The van der Waals surface area contributed by atoms with Crippen molar-refractivity contribution in [3.05, 3.63) is 71.3 Å². The number of amides is 1. The zero-order valence-corrected chi connectivity index (χ0v) is 28.0. The largest absolute Gasteiger partial charge is 0.504 e. The molecule has 2 aromatic rings. The van der Waals surface area contributed by atoms with Gasteiger partial charge >= 0.3 is 0 Å². The Labute approximate surface area is 277 Å². The summed E-state index contributed by atoms with van der Waals surface area (Å²) in [6, 6.07) is 13.1. The smallest absolute Gasteiger partial charge is 0.247 e. The summed E-state index contributed by atoms with van der Waals surface area (Å²) in [5.74, 6) is 0.129. The number of phenolic OH excluding ortho intramolecular Hbond substituents is 1. The van der Waals surface area contributed by atoms with E-state index in [-0.39, 0.29) is 31.1 Å².